The Hall–Kier alpha value is -3.61. The molecule has 0 atom stereocenters. The van der Waals surface area contributed by atoms with E-state index in [0.717, 1.165) is 33.3 Å². The number of anilines is 1. The van der Waals surface area contributed by atoms with Crippen LogP contribution in [0.1, 0.15) is 23.1 Å². The maximum absolute atomic E-state index is 12.7. The molecule has 2 amide bonds. The van der Waals surface area contributed by atoms with Gasteiger partial charge in [0.2, 0.25) is 11.8 Å². The summed E-state index contributed by atoms with van der Waals surface area (Å²) in [6.07, 6.45) is 8.11. The molecule has 0 saturated carbocycles. The SMILES string of the molecule is COc1cccc2c1c(CN(C)C(=O)/C=C/c1cnc3c(c1)CCC(=O)N3)cn2C. The molecule has 1 aliphatic rings. The monoisotopic (exact) mass is 404 g/mol. The molecule has 1 aromatic carbocycles. The number of carbonyl (C=O) groups excluding carboxylic acids is 2. The van der Waals surface area contributed by atoms with Gasteiger partial charge in [0, 0.05) is 56.5 Å². The zero-order chi connectivity index (χ0) is 21.3. The van der Waals surface area contributed by atoms with E-state index < -0.39 is 0 Å². The summed E-state index contributed by atoms with van der Waals surface area (Å²) < 4.78 is 7.56. The Morgan fingerprint density at radius 1 is 1.37 bits per heavy atom. The first-order valence-electron chi connectivity index (χ1n) is 9.79. The van der Waals surface area contributed by atoms with Gasteiger partial charge in [-0.25, -0.2) is 4.98 Å². The van der Waals surface area contributed by atoms with Crippen LogP contribution in [0.15, 0.2) is 42.7 Å². The summed E-state index contributed by atoms with van der Waals surface area (Å²) >= 11 is 0. The average Bonchev–Trinajstić information content (AvgIpc) is 3.07. The molecule has 3 aromatic rings. The Morgan fingerprint density at radius 3 is 3.00 bits per heavy atom. The van der Waals surface area contributed by atoms with E-state index in [0.29, 0.717) is 25.2 Å². The molecule has 154 valence electrons. The minimum absolute atomic E-state index is 0.0137. The van der Waals surface area contributed by atoms with Crippen molar-refractivity contribution >= 4 is 34.6 Å². The standard InChI is InChI=1S/C23H24N4O3/c1-26-13-17(22-18(26)5-4-6-19(22)30-3)14-27(2)21(29)10-7-15-11-16-8-9-20(28)25-23(16)24-12-15/h4-7,10-13H,8-9,14H2,1-3H3,(H,24,25,28)/b10-7+. The van der Waals surface area contributed by atoms with Crippen molar-refractivity contribution in [3.8, 4) is 5.75 Å². The van der Waals surface area contributed by atoms with Crippen molar-refractivity contribution in [2.45, 2.75) is 19.4 Å². The molecule has 0 fully saturated rings. The zero-order valence-electron chi connectivity index (χ0n) is 17.3. The molecule has 1 N–H and O–H groups in total. The number of carbonyl (C=O) groups is 2. The molecular weight excluding hydrogens is 380 g/mol. The molecule has 0 bridgehead atoms. The molecule has 4 rings (SSSR count). The van der Waals surface area contributed by atoms with Crippen LogP contribution < -0.4 is 10.1 Å². The number of aryl methyl sites for hydroxylation is 2. The molecule has 0 saturated heterocycles. The molecule has 7 nitrogen and oxygen atoms in total. The molecule has 0 radical (unpaired) electrons. The van der Waals surface area contributed by atoms with Crippen LogP contribution in [-0.4, -0.2) is 40.4 Å². The Morgan fingerprint density at radius 2 is 2.20 bits per heavy atom. The highest BCUT2D eigenvalue weighted by atomic mass is 16.5. The fraction of sp³-hybridized carbons (Fsp3) is 0.261. The van der Waals surface area contributed by atoms with Crippen LogP contribution in [0.5, 0.6) is 5.75 Å². The predicted octanol–water partition coefficient (Wildman–Crippen LogP) is 3.14. The molecule has 0 spiro atoms. The number of aromatic nitrogens is 2. The van der Waals surface area contributed by atoms with Crippen molar-refractivity contribution in [3.05, 3.63) is 59.4 Å². The Kier molecular flexibility index (Phi) is 5.27. The molecule has 1 aliphatic heterocycles. The number of hydrogen-bond donors (Lipinski definition) is 1. The Balaban J connectivity index is 1.50. The van der Waals surface area contributed by atoms with Crippen LogP contribution in [0.4, 0.5) is 5.82 Å². The third kappa shape index (κ3) is 3.78. The fourth-order valence-corrected chi connectivity index (χ4v) is 3.79. The van der Waals surface area contributed by atoms with Gasteiger partial charge in [-0.05, 0) is 41.8 Å². The molecular formula is C23H24N4O3. The van der Waals surface area contributed by atoms with Crippen molar-refractivity contribution in [3.63, 3.8) is 0 Å². The zero-order valence-corrected chi connectivity index (χ0v) is 17.3. The number of rotatable bonds is 5. The molecule has 0 aliphatic carbocycles. The molecule has 0 unspecified atom stereocenters. The van der Waals surface area contributed by atoms with Crippen LogP contribution in [0.3, 0.4) is 0 Å². The number of fused-ring (bicyclic) bond motifs is 2. The Labute approximate surface area is 175 Å². The minimum atomic E-state index is -0.104. The van der Waals surface area contributed by atoms with Gasteiger partial charge in [0.1, 0.15) is 11.6 Å². The van der Waals surface area contributed by atoms with E-state index in [2.05, 4.69) is 10.3 Å². The van der Waals surface area contributed by atoms with Gasteiger partial charge in [-0.1, -0.05) is 6.07 Å². The van der Waals surface area contributed by atoms with Crippen molar-refractivity contribution in [1.82, 2.24) is 14.5 Å². The number of nitrogens with zero attached hydrogens (tertiary/aromatic N) is 3. The maximum atomic E-state index is 12.7. The molecule has 30 heavy (non-hydrogen) atoms. The Bertz CT molecular complexity index is 1160. The van der Waals surface area contributed by atoms with E-state index in [9.17, 15) is 9.59 Å². The number of amides is 2. The van der Waals surface area contributed by atoms with Gasteiger partial charge >= 0.3 is 0 Å². The van der Waals surface area contributed by atoms with E-state index in [4.69, 9.17) is 4.74 Å². The largest absolute Gasteiger partial charge is 0.496 e. The number of ether oxygens (including phenoxy) is 1. The second-order valence-electron chi connectivity index (χ2n) is 7.47. The smallest absolute Gasteiger partial charge is 0.246 e. The van der Waals surface area contributed by atoms with Crippen LogP contribution in [0.25, 0.3) is 17.0 Å². The lowest BCUT2D eigenvalue weighted by atomic mass is 10.0. The number of likely N-dealkylation sites (N-methyl/N-ethyl adjacent to an activating group) is 1. The first kappa shape index (κ1) is 19.7. The second kappa shape index (κ2) is 8.02. The van der Waals surface area contributed by atoms with Gasteiger partial charge in [0.15, 0.2) is 0 Å². The lowest BCUT2D eigenvalue weighted by Gasteiger charge is -2.16. The van der Waals surface area contributed by atoms with E-state index in [1.54, 1.807) is 37.4 Å². The van der Waals surface area contributed by atoms with Crippen molar-refractivity contribution in [2.24, 2.45) is 7.05 Å². The van der Waals surface area contributed by atoms with Crippen LogP contribution in [-0.2, 0) is 29.6 Å². The van der Waals surface area contributed by atoms with E-state index in [1.165, 1.54) is 0 Å². The highest BCUT2D eigenvalue weighted by Gasteiger charge is 2.17. The number of benzene rings is 1. The number of methoxy groups -OCH3 is 1. The van der Waals surface area contributed by atoms with E-state index in [-0.39, 0.29) is 11.8 Å². The molecule has 7 heteroatoms. The summed E-state index contributed by atoms with van der Waals surface area (Å²) in [5.41, 5.74) is 3.91. The number of nitrogens with one attached hydrogen (secondary N) is 1. The van der Waals surface area contributed by atoms with Crippen molar-refractivity contribution in [1.29, 1.82) is 0 Å². The first-order valence-corrected chi connectivity index (χ1v) is 9.79. The summed E-state index contributed by atoms with van der Waals surface area (Å²) in [7, 11) is 5.42. The van der Waals surface area contributed by atoms with Gasteiger partial charge < -0.3 is 19.5 Å². The second-order valence-corrected chi connectivity index (χ2v) is 7.47. The summed E-state index contributed by atoms with van der Waals surface area (Å²) in [6.45, 7) is 0.468. The fourth-order valence-electron chi connectivity index (χ4n) is 3.79. The first-order chi connectivity index (χ1) is 14.5. The van der Waals surface area contributed by atoms with Crippen LogP contribution >= 0.6 is 0 Å². The molecule has 3 heterocycles. The molecule has 2 aromatic heterocycles. The third-order valence-corrected chi connectivity index (χ3v) is 5.34. The third-order valence-electron chi connectivity index (χ3n) is 5.34. The average molecular weight is 404 g/mol. The van der Waals surface area contributed by atoms with Gasteiger partial charge in [0.05, 0.1) is 12.6 Å². The summed E-state index contributed by atoms with van der Waals surface area (Å²) in [5, 5.41) is 3.78. The highest BCUT2D eigenvalue weighted by Crippen LogP contribution is 2.30. The lowest BCUT2D eigenvalue weighted by Crippen LogP contribution is -2.24. The summed E-state index contributed by atoms with van der Waals surface area (Å²) in [4.78, 5) is 30.1. The van der Waals surface area contributed by atoms with Gasteiger partial charge in [-0.3, -0.25) is 9.59 Å². The van der Waals surface area contributed by atoms with Crippen molar-refractivity contribution < 1.29 is 14.3 Å². The quantitative estimate of drug-likeness (QED) is 0.663. The van der Waals surface area contributed by atoms with Crippen molar-refractivity contribution in [2.75, 3.05) is 19.5 Å². The number of pyridine rings is 1. The summed E-state index contributed by atoms with van der Waals surface area (Å²) in [5.74, 6) is 1.29. The highest BCUT2D eigenvalue weighted by molar-refractivity contribution is 5.94. The minimum Gasteiger partial charge on any atom is -0.496 e. The predicted molar refractivity (Wildman–Crippen MR) is 116 cm³/mol. The van der Waals surface area contributed by atoms with Gasteiger partial charge in [-0.2, -0.15) is 0 Å². The van der Waals surface area contributed by atoms with Crippen LogP contribution in [0.2, 0.25) is 0 Å². The van der Waals surface area contributed by atoms with Gasteiger partial charge in [0.25, 0.3) is 0 Å². The normalized spacial score (nSPS) is 13.4. The van der Waals surface area contributed by atoms with E-state index >= 15 is 0 Å². The topological polar surface area (TPSA) is 76.5 Å². The lowest BCUT2D eigenvalue weighted by molar-refractivity contribution is -0.125. The van der Waals surface area contributed by atoms with Crippen LogP contribution in [0, 0.1) is 0 Å². The van der Waals surface area contributed by atoms with Gasteiger partial charge in [-0.15, -0.1) is 0 Å². The summed E-state index contributed by atoms with van der Waals surface area (Å²) in [6, 6.07) is 7.88. The maximum Gasteiger partial charge on any atom is 0.246 e. The number of hydrogen-bond acceptors (Lipinski definition) is 4. The van der Waals surface area contributed by atoms with E-state index in [1.807, 2.05) is 42.1 Å².